The summed E-state index contributed by atoms with van der Waals surface area (Å²) in [6.07, 6.45) is 9.18. The molecule has 6 heteroatoms. The Morgan fingerprint density at radius 1 is 1.30 bits per heavy atom. The van der Waals surface area contributed by atoms with Crippen molar-refractivity contribution < 1.29 is 4.79 Å². The molecule has 2 aromatic heterocycles. The molecule has 1 aliphatic rings. The van der Waals surface area contributed by atoms with E-state index in [1.165, 1.54) is 12.4 Å². The number of nitrogens with one attached hydrogen (secondary N) is 1. The maximum absolute atomic E-state index is 12.1. The van der Waals surface area contributed by atoms with Gasteiger partial charge in [0.05, 0.1) is 12.2 Å². The van der Waals surface area contributed by atoms with Gasteiger partial charge in [0.1, 0.15) is 11.5 Å². The van der Waals surface area contributed by atoms with Gasteiger partial charge < -0.3 is 5.32 Å². The Bertz CT molecular complexity index is 629. The highest BCUT2D eigenvalue weighted by molar-refractivity contribution is 5.92. The number of amides is 1. The largest absolute Gasteiger partial charge is 0.344 e. The predicted molar refractivity (Wildman–Crippen MR) is 71.9 cm³/mol. The molecule has 3 rings (SSSR count). The van der Waals surface area contributed by atoms with E-state index >= 15 is 0 Å². The van der Waals surface area contributed by atoms with Gasteiger partial charge in [-0.25, -0.2) is 15.0 Å². The lowest BCUT2D eigenvalue weighted by atomic mass is 9.92. The molecule has 6 nitrogen and oxygen atoms in total. The highest BCUT2D eigenvalue weighted by Gasteiger charge is 2.24. The topological polar surface area (TPSA) is 80.7 Å². The maximum atomic E-state index is 12.1. The highest BCUT2D eigenvalue weighted by atomic mass is 16.1. The van der Waals surface area contributed by atoms with Crippen LogP contribution in [-0.4, -0.2) is 25.8 Å². The molecule has 0 saturated carbocycles. The normalized spacial score (nSPS) is 17.4. The van der Waals surface area contributed by atoms with Crippen molar-refractivity contribution in [3.63, 3.8) is 0 Å². The predicted octanol–water partition coefficient (Wildman–Crippen LogP) is 1.38. The number of rotatable bonds is 2. The van der Waals surface area contributed by atoms with Crippen molar-refractivity contribution in [1.82, 2.24) is 25.3 Å². The number of carbonyl (C=O) groups excluding carboxylic acids is 1. The van der Waals surface area contributed by atoms with E-state index in [0.29, 0.717) is 5.69 Å². The molecule has 1 atom stereocenters. The molecule has 0 aromatic carbocycles. The minimum absolute atomic E-state index is 0.0474. The van der Waals surface area contributed by atoms with Crippen LogP contribution in [0.25, 0.3) is 0 Å². The molecule has 20 heavy (non-hydrogen) atoms. The van der Waals surface area contributed by atoms with Crippen molar-refractivity contribution in [1.29, 1.82) is 0 Å². The van der Waals surface area contributed by atoms with Gasteiger partial charge in [-0.15, -0.1) is 0 Å². The molecule has 1 unspecified atom stereocenters. The first-order valence-corrected chi connectivity index (χ1v) is 6.63. The standard InChI is InChI=1S/C14H15N5O/c1-9-17-7-10-11(18-9)3-2-4-12(10)19-14(20)13-8-15-5-6-16-13/h5-8,12H,2-4H2,1H3,(H,19,20). The Kier molecular flexibility index (Phi) is 3.37. The van der Waals surface area contributed by atoms with Crippen molar-refractivity contribution in [2.75, 3.05) is 0 Å². The number of aryl methyl sites for hydroxylation is 2. The molecule has 0 bridgehead atoms. The molecular formula is C14H15N5O. The van der Waals surface area contributed by atoms with Gasteiger partial charge in [0.2, 0.25) is 0 Å². The second-order valence-corrected chi connectivity index (χ2v) is 4.83. The third-order valence-corrected chi connectivity index (χ3v) is 3.40. The van der Waals surface area contributed by atoms with Crippen LogP contribution in [0.2, 0.25) is 0 Å². The van der Waals surface area contributed by atoms with Crippen LogP contribution in [0.3, 0.4) is 0 Å². The van der Waals surface area contributed by atoms with Gasteiger partial charge in [0.15, 0.2) is 0 Å². The van der Waals surface area contributed by atoms with Gasteiger partial charge in [-0.05, 0) is 26.2 Å². The van der Waals surface area contributed by atoms with Crippen LogP contribution in [-0.2, 0) is 6.42 Å². The molecule has 0 radical (unpaired) electrons. The fourth-order valence-electron chi connectivity index (χ4n) is 2.45. The molecule has 1 amide bonds. The lowest BCUT2D eigenvalue weighted by molar-refractivity contribution is 0.0927. The molecule has 0 aliphatic heterocycles. The SMILES string of the molecule is Cc1ncc2c(n1)CCCC2NC(=O)c1cnccn1. The summed E-state index contributed by atoms with van der Waals surface area (Å²) in [5, 5.41) is 2.99. The summed E-state index contributed by atoms with van der Waals surface area (Å²) in [6.45, 7) is 1.88. The number of nitrogens with zero attached hydrogens (tertiary/aromatic N) is 4. The molecule has 0 fully saturated rings. The van der Waals surface area contributed by atoms with Crippen molar-refractivity contribution in [2.24, 2.45) is 0 Å². The Morgan fingerprint density at radius 2 is 2.20 bits per heavy atom. The summed E-state index contributed by atoms with van der Waals surface area (Å²) < 4.78 is 0. The number of carbonyl (C=O) groups is 1. The van der Waals surface area contributed by atoms with Gasteiger partial charge in [0, 0.05) is 29.8 Å². The van der Waals surface area contributed by atoms with Gasteiger partial charge in [0.25, 0.3) is 5.91 Å². The Morgan fingerprint density at radius 3 is 3.00 bits per heavy atom. The first-order valence-electron chi connectivity index (χ1n) is 6.63. The van der Waals surface area contributed by atoms with Crippen LogP contribution in [0.4, 0.5) is 0 Å². The van der Waals surface area contributed by atoms with Crippen LogP contribution in [0.1, 0.15) is 46.5 Å². The molecule has 2 heterocycles. The lowest BCUT2D eigenvalue weighted by Gasteiger charge is -2.25. The van der Waals surface area contributed by atoms with Crippen LogP contribution in [0.15, 0.2) is 24.8 Å². The molecule has 1 N–H and O–H groups in total. The molecule has 2 aromatic rings. The van der Waals surface area contributed by atoms with E-state index in [-0.39, 0.29) is 11.9 Å². The third kappa shape index (κ3) is 2.49. The molecular weight excluding hydrogens is 254 g/mol. The summed E-state index contributed by atoms with van der Waals surface area (Å²) in [5.74, 6) is 0.557. The van der Waals surface area contributed by atoms with E-state index in [2.05, 4.69) is 25.3 Å². The zero-order valence-corrected chi connectivity index (χ0v) is 11.2. The smallest absolute Gasteiger partial charge is 0.271 e. The van der Waals surface area contributed by atoms with E-state index in [1.54, 1.807) is 6.20 Å². The van der Waals surface area contributed by atoms with Gasteiger partial charge >= 0.3 is 0 Å². The lowest BCUT2D eigenvalue weighted by Crippen LogP contribution is -2.32. The average molecular weight is 269 g/mol. The van der Waals surface area contributed by atoms with Crippen LogP contribution < -0.4 is 5.32 Å². The second-order valence-electron chi connectivity index (χ2n) is 4.83. The Hall–Kier alpha value is -2.37. The summed E-state index contributed by atoms with van der Waals surface area (Å²) >= 11 is 0. The van der Waals surface area contributed by atoms with E-state index < -0.39 is 0 Å². The quantitative estimate of drug-likeness (QED) is 0.890. The van der Waals surface area contributed by atoms with Gasteiger partial charge in [-0.1, -0.05) is 0 Å². The summed E-state index contributed by atoms with van der Waals surface area (Å²) in [4.78, 5) is 28.7. The van der Waals surface area contributed by atoms with Crippen molar-refractivity contribution in [3.8, 4) is 0 Å². The molecule has 0 saturated heterocycles. The number of aromatic nitrogens is 4. The fraction of sp³-hybridized carbons (Fsp3) is 0.357. The average Bonchev–Trinajstić information content (AvgIpc) is 2.48. The number of hydrogen-bond acceptors (Lipinski definition) is 5. The summed E-state index contributed by atoms with van der Waals surface area (Å²) in [6, 6.07) is -0.0474. The van der Waals surface area contributed by atoms with E-state index in [0.717, 1.165) is 36.3 Å². The van der Waals surface area contributed by atoms with Crippen LogP contribution in [0.5, 0.6) is 0 Å². The van der Waals surface area contributed by atoms with Crippen molar-refractivity contribution in [3.05, 3.63) is 47.6 Å². The highest BCUT2D eigenvalue weighted by Crippen LogP contribution is 2.28. The number of fused-ring (bicyclic) bond motifs is 1. The summed E-state index contributed by atoms with van der Waals surface area (Å²) in [7, 11) is 0. The van der Waals surface area contributed by atoms with E-state index in [9.17, 15) is 4.79 Å². The van der Waals surface area contributed by atoms with Crippen LogP contribution >= 0.6 is 0 Å². The first kappa shape index (κ1) is 12.7. The van der Waals surface area contributed by atoms with Crippen molar-refractivity contribution in [2.45, 2.75) is 32.2 Å². The van der Waals surface area contributed by atoms with Crippen LogP contribution in [0, 0.1) is 6.92 Å². The zero-order valence-electron chi connectivity index (χ0n) is 11.2. The first-order chi connectivity index (χ1) is 9.74. The maximum Gasteiger partial charge on any atom is 0.271 e. The second kappa shape index (κ2) is 5.32. The molecule has 1 aliphatic carbocycles. The number of hydrogen-bond donors (Lipinski definition) is 1. The molecule has 0 spiro atoms. The Balaban J connectivity index is 1.81. The minimum atomic E-state index is -0.212. The van der Waals surface area contributed by atoms with Gasteiger partial charge in [-0.2, -0.15) is 0 Å². The van der Waals surface area contributed by atoms with E-state index in [4.69, 9.17) is 0 Å². The van der Waals surface area contributed by atoms with E-state index in [1.807, 2.05) is 13.1 Å². The molecule has 102 valence electrons. The van der Waals surface area contributed by atoms with Crippen molar-refractivity contribution >= 4 is 5.91 Å². The summed E-state index contributed by atoms with van der Waals surface area (Å²) in [5.41, 5.74) is 2.37. The van der Waals surface area contributed by atoms with Gasteiger partial charge in [-0.3, -0.25) is 9.78 Å². The third-order valence-electron chi connectivity index (χ3n) is 3.40. The monoisotopic (exact) mass is 269 g/mol. The minimum Gasteiger partial charge on any atom is -0.344 e. The zero-order chi connectivity index (χ0) is 13.9. The fourth-order valence-corrected chi connectivity index (χ4v) is 2.45. The Labute approximate surface area is 116 Å².